The third-order valence-corrected chi connectivity index (χ3v) is 3.13. The Morgan fingerprint density at radius 1 is 1.42 bits per heavy atom. The lowest BCUT2D eigenvalue weighted by Gasteiger charge is -2.14. The van der Waals surface area contributed by atoms with Gasteiger partial charge >= 0.3 is 0 Å². The summed E-state index contributed by atoms with van der Waals surface area (Å²) in [7, 11) is 0. The minimum Gasteiger partial charge on any atom is -0.383 e. The van der Waals surface area contributed by atoms with Gasteiger partial charge in [0.2, 0.25) is 5.28 Å². The summed E-state index contributed by atoms with van der Waals surface area (Å²) in [4.78, 5) is 9.05. The fourth-order valence-electron chi connectivity index (χ4n) is 1.23. The van der Waals surface area contributed by atoms with Gasteiger partial charge in [0.25, 0.3) is 0 Å². The number of rotatable bonds is 0. The molecule has 3 nitrogen and oxygen atoms in total. The highest BCUT2D eigenvalue weighted by Gasteiger charge is 2.15. The Bertz CT molecular complexity index is 316. The third kappa shape index (κ3) is 1.36. The van der Waals surface area contributed by atoms with Gasteiger partial charge in [-0.25, -0.2) is 4.98 Å². The van der Waals surface area contributed by atoms with Crippen LogP contribution in [-0.2, 0) is 6.42 Å². The Labute approximate surface area is 79.7 Å². The van der Waals surface area contributed by atoms with E-state index in [0.29, 0.717) is 5.82 Å². The molecule has 0 fully saturated rings. The molecule has 0 aliphatic carbocycles. The number of nitrogen functional groups attached to an aromatic ring is 1. The molecule has 2 N–H and O–H groups in total. The van der Waals surface area contributed by atoms with Crippen molar-refractivity contribution in [3.63, 3.8) is 0 Å². The summed E-state index contributed by atoms with van der Waals surface area (Å²) in [6.45, 7) is 0. The standard InChI is InChI=1S/C7H8ClN3S/c8-7-10-4-2-1-3-12-5(4)6(9)11-7/h1-3H2,(H2,9,10,11). The number of aryl methyl sites for hydroxylation is 1. The van der Waals surface area contributed by atoms with E-state index in [4.69, 9.17) is 17.3 Å². The smallest absolute Gasteiger partial charge is 0.224 e. The first-order chi connectivity index (χ1) is 5.77. The van der Waals surface area contributed by atoms with Crippen molar-refractivity contribution < 1.29 is 0 Å². The van der Waals surface area contributed by atoms with Crippen LogP contribution in [0.5, 0.6) is 0 Å². The largest absolute Gasteiger partial charge is 0.383 e. The Hall–Kier alpha value is -0.480. The average Bonchev–Trinajstić information content (AvgIpc) is 2.04. The number of nitrogens with two attached hydrogens (primary N) is 1. The highest BCUT2D eigenvalue weighted by Crippen LogP contribution is 2.32. The number of thioether (sulfide) groups is 1. The van der Waals surface area contributed by atoms with Gasteiger partial charge < -0.3 is 5.73 Å². The van der Waals surface area contributed by atoms with Gasteiger partial charge in [0.05, 0.1) is 10.6 Å². The van der Waals surface area contributed by atoms with Gasteiger partial charge in [0.15, 0.2) is 0 Å². The van der Waals surface area contributed by atoms with E-state index < -0.39 is 0 Å². The highest BCUT2D eigenvalue weighted by molar-refractivity contribution is 7.99. The fourth-order valence-corrected chi connectivity index (χ4v) is 2.42. The van der Waals surface area contributed by atoms with Crippen molar-refractivity contribution in [3.8, 4) is 0 Å². The molecule has 2 heterocycles. The van der Waals surface area contributed by atoms with Crippen molar-refractivity contribution in [2.45, 2.75) is 17.7 Å². The highest BCUT2D eigenvalue weighted by atomic mass is 35.5. The molecule has 0 aromatic carbocycles. The van der Waals surface area contributed by atoms with Crippen LogP contribution in [0.1, 0.15) is 12.1 Å². The molecule has 5 heteroatoms. The number of halogens is 1. The zero-order valence-electron chi connectivity index (χ0n) is 6.38. The Balaban J connectivity index is 2.53. The lowest BCUT2D eigenvalue weighted by molar-refractivity contribution is 0.832. The Morgan fingerprint density at radius 2 is 2.25 bits per heavy atom. The lowest BCUT2D eigenvalue weighted by Crippen LogP contribution is -2.07. The molecule has 0 radical (unpaired) electrons. The summed E-state index contributed by atoms with van der Waals surface area (Å²) < 4.78 is 0. The molecule has 64 valence electrons. The van der Waals surface area contributed by atoms with Crippen LogP contribution in [0, 0.1) is 0 Å². The van der Waals surface area contributed by atoms with Crippen molar-refractivity contribution in [1.82, 2.24) is 9.97 Å². The molecule has 0 atom stereocenters. The second-order valence-corrected chi connectivity index (χ2v) is 4.05. The molecule has 0 bridgehead atoms. The minimum absolute atomic E-state index is 0.258. The minimum atomic E-state index is 0.258. The summed E-state index contributed by atoms with van der Waals surface area (Å²) in [5.41, 5.74) is 6.69. The zero-order valence-corrected chi connectivity index (χ0v) is 7.95. The first-order valence-electron chi connectivity index (χ1n) is 3.72. The van der Waals surface area contributed by atoms with E-state index in [1.165, 1.54) is 0 Å². The van der Waals surface area contributed by atoms with Crippen molar-refractivity contribution in [1.29, 1.82) is 0 Å². The van der Waals surface area contributed by atoms with Gasteiger partial charge in [0.1, 0.15) is 5.82 Å². The van der Waals surface area contributed by atoms with E-state index in [0.717, 1.165) is 29.2 Å². The summed E-state index contributed by atoms with van der Waals surface area (Å²) in [5, 5.41) is 0.258. The molecule has 0 unspecified atom stereocenters. The lowest BCUT2D eigenvalue weighted by atomic mass is 10.2. The van der Waals surface area contributed by atoms with E-state index >= 15 is 0 Å². The van der Waals surface area contributed by atoms with Crippen LogP contribution in [0.25, 0.3) is 0 Å². The fraction of sp³-hybridized carbons (Fsp3) is 0.429. The molecular formula is C7H8ClN3S. The van der Waals surface area contributed by atoms with Crippen LogP contribution >= 0.6 is 23.4 Å². The van der Waals surface area contributed by atoms with Crippen LogP contribution in [0.4, 0.5) is 5.82 Å². The molecule has 1 aliphatic rings. The van der Waals surface area contributed by atoms with Crippen LogP contribution in [0.15, 0.2) is 4.90 Å². The predicted molar refractivity (Wildman–Crippen MR) is 50.5 cm³/mol. The monoisotopic (exact) mass is 201 g/mol. The Kier molecular flexibility index (Phi) is 2.11. The maximum absolute atomic E-state index is 5.69. The Morgan fingerprint density at radius 3 is 3.08 bits per heavy atom. The number of aromatic nitrogens is 2. The molecule has 0 spiro atoms. The summed E-state index contributed by atoms with van der Waals surface area (Å²) in [6.07, 6.45) is 2.11. The zero-order chi connectivity index (χ0) is 8.55. The maximum atomic E-state index is 5.69. The van der Waals surface area contributed by atoms with Gasteiger partial charge in [0, 0.05) is 0 Å². The molecule has 0 amide bonds. The van der Waals surface area contributed by atoms with Gasteiger partial charge in [-0.15, -0.1) is 11.8 Å². The number of anilines is 1. The van der Waals surface area contributed by atoms with Crippen molar-refractivity contribution in [2.75, 3.05) is 11.5 Å². The number of hydrogen-bond donors (Lipinski definition) is 1. The first-order valence-corrected chi connectivity index (χ1v) is 5.08. The van der Waals surface area contributed by atoms with Gasteiger partial charge in [-0.1, -0.05) is 0 Å². The first kappa shape index (κ1) is 8.13. The second kappa shape index (κ2) is 3.11. The van der Waals surface area contributed by atoms with Crippen LogP contribution < -0.4 is 5.73 Å². The van der Waals surface area contributed by atoms with Crippen molar-refractivity contribution in [3.05, 3.63) is 11.0 Å². The van der Waals surface area contributed by atoms with Crippen molar-refractivity contribution >= 4 is 29.2 Å². The van der Waals surface area contributed by atoms with Gasteiger partial charge in [-0.05, 0) is 30.2 Å². The molecule has 1 aromatic heterocycles. The van der Waals surface area contributed by atoms with Crippen LogP contribution in [-0.4, -0.2) is 15.7 Å². The third-order valence-electron chi connectivity index (χ3n) is 1.74. The van der Waals surface area contributed by atoms with E-state index in [1.807, 2.05) is 0 Å². The average molecular weight is 202 g/mol. The van der Waals surface area contributed by atoms with E-state index in [2.05, 4.69) is 9.97 Å². The number of fused-ring (bicyclic) bond motifs is 1. The number of nitrogens with zero attached hydrogens (tertiary/aromatic N) is 2. The molecule has 12 heavy (non-hydrogen) atoms. The number of hydrogen-bond acceptors (Lipinski definition) is 4. The van der Waals surface area contributed by atoms with Crippen molar-refractivity contribution in [2.24, 2.45) is 0 Å². The maximum Gasteiger partial charge on any atom is 0.224 e. The second-order valence-electron chi connectivity index (χ2n) is 2.61. The van der Waals surface area contributed by atoms with E-state index in [1.54, 1.807) is 11.8 Å². The topological polar surface area (TPSA) is 51.8 Å². The van der Waals surface area contributed by atoms with E-state index in [-0.39, 0.29) is 5.28 Å². The molecule has 1 aliphatic heterocycles. The van der Waals surface area contributed by atoms with Gasteiger partial charge in [-0.2, -0.15) is 4.98 Å². The summed E-state index contributed by atoms with van der Waals surface area (Å²) in [6, 6.07) is 0. The van der Waals surface area contributed by atoms with E-state index in [9.17, 15) is 0 Å². The van der Waals surface area contributed by atoms with Gasteiger partial charge in [-0.3, -0.25) is 0 Å². The molecule has 2 rings (SSSR count). The summed E-state index contributed by atoms with van der Waals surface area (Å²) in [5.74, 6) is 1.62. The quantitative estimate of drug-likeness (QED) is 0.650. The summed E-state index contributed by atoms with van der Waals surface area (Å²) >= 11 is 7.39. The molecule has 0 saturated heterocycles. The van der Waals surface area contributed by atoms with Crippen LogP contribution in [0.2, 0.25) is 5.28 Å². The molecular weight excluding hydrogens is 194 g/mol. The molecule has 0 saturated carbocycles. The SMILES string of the molecule is Nc1nc(Cl)nc2c1SCCC2. The predicted octanol–water partition coefficient (Wildman–Crippen LogP) is 1.75. The van der Waals surface area contributed by atoms with Crippen LogP contribution in [0.3, 0.4) is 0 Å². The molecule has 1 aromatic rings. The normalized spacial score (nSPS) is 15.8.